The van der Waals surface area contributed by atoms with E-state index in [4.69, 9.17) is 5.11 Å². The lowest BCUT2D eigenvalue weighted by atomic mass is 10.1. The van der Waals surface area contributed by atoms with Gasteiger partial charge >= 0.3 is 11.9 Å². The molecular weight excluding hydrogens is 254 g/mol. The molecule has 0 spiro atoms. The van der Waals surface area contributed by atoms with E-state index < -0.39 is 17.8 Å². The molecule has 0 radical (unpaired) electrons. The van der Waals surface area contributed by atoms with Gasteiger partial charge in [0.2, 0.25) is 0 Å². The van der Waals surface area contributed by atoms with Crippen LogP contribution in [0.25, 0.3) is 0 Å². The molecule has 1 aromatic carbocycles. The van der Waals surface area contributed by atoms with Crippen LogP contribution in [0, 0.1) is 0 Å². The van der Waals surface area contributed by atoms with Crippen LogP contribution in [-0.4, -0.2) is 23.0 Å². The van der Waals surface area contributed by atoms with Gasteiger partial charge in [0, 0.05) is 6.42 Å². The molecule has 0 atom stereocenters. The average molecular weight is 267 g/mol. The molecule has 0 bridgehead atoms. The molecule has 2 N–H and O–H groups in total. The van der Waals surface area contributed by atoms with Gasteiger partial charge in [-0.2, -0.15) is 5.48 Å². The SMILES string of the molecule is CCCC(=O)OONC(=O)c1ccccc1C(=O)O. The molecule has 0 aliphatic carbocycles. The van der Waals surface area contributed by atoms with E-state index >= 15 is 0 Å². The second-order valence-corrected chi connectivity index (χ2v) is 3.57. The van der Waals surface area contributed by atoms with E-state index in [9.17, 15) is 14.4 Å². The van der Waals surface area contributed by atoms with E-state index in [-0.39, 0.29) is 17.5 Å². The van der Waals surface area contributed by atoms with Gasteiger partial charge in [0.1, 0.15) is 0 Å². The van der Waals surface area contributed by atoms with Crippen LogP contribution in [0.4, 0.5) is 0 Å². The first-order chi connectivity index (χ1) is 9.06. The number of hydrogen-bond donors (Lipinski definition) is 2. The van der Waals surface area contributed by atoms with E-state index in [0.29, 0.717) is 6.42 Å². The van der Waals surface area contributed by atoms with Crippen molar-refractivity contribution < 1.29 is 29.4 Å². The number of carbonyl (C=O) groups is 3. The van der Waals surface area contributed by atoms with E-state index in [0.717, 1.165) is 0 Å². The van der Waals surface area contributed by atoms with Crippen LogP contribution in [0.2, 0.25) is 0 Å². The number of nitrogens with one attached hydrogen (secondary N) is 1. The fourth-order valence-electron chi connectivity index (χ4n) is 1.27. The second-order valence-electron chi connectivity index (χ2n) is 3.57. The van der Waals surface area contributed by atoms with E-state index in [1.807, 2.05) is 5.48 Å². The number of carbonyl (C=O) groups excluding carboxylic acids is 2. The molecule has 0 saturated heterocycles. The lowest BCUT2D eigenvalue weighted by Crippen LogP contribution is -2.27. The zero-order chi connectivity index (χ0) is 14.3. The van der Waals surface area contributed by atoms with Gasteiger partial charge in [-0.25, -0.2) is 9.59 Å². The van der Waals surface area contributed by atoms with Crippen LogP contribution in [0.1, 0.15) is 40.5 Å². The molecule has 102 valence electrons. The number of aromatic carboxylic acids is 1. The Morgan fingerprint density at radius 1 is 1.21 bits per heavy atom. The highest BCUT2D eigenvalue weighted by molar-refractivity contribution is 6.04. The Morgan fingerprint density at radius 3 is 2.42 bits per heavy atom. The molecule has 19 heavy (non-hydrogen) atoms. The summed E-state index contributed by atoms with van der Waals surface area (Å²) in [6.45, 7) is 1.78. The van der Waals surface area contributed by atoms with Gasteiger partial charge in [0.25, 0.3) is 5.91 Å². The normalized spacial score (nSPS) is 9.74. The molecule has 0 saturated carbocycles. The standard InChI is InChI=1S/C12H13NO6/c1-2-5-10(14)18-19-13-11(15)8-6-3-4-7-9(8)12(16)17/h3-4,6-7H,2,5H2,1H3,(H,13,15)(H,16,17). The molecule has 0 aliphatic rings. The first-order valence-corrected chi connectivity index (χ1v) is 5.55. The third kappa shape index (κ3) is 4.40. The number of rotatable bonds is 6. The van der Waals surface area contributed by atoms with Crippen LogP contribution in [0.5, 0.6) is 0 Å². The maximum absolute atomic E-state index is 11.6. The number of hydroxylamine groups is 1. The predicted octanol–water partition coefficient (Wildman–Crippen LogP) is 1.30. The van der Waals surface area contributed by atoms with Crippen LogP contribution >= 0.6 is 0 Å². The molecule has 7 nitrogen and oxygen atoms in total. The number of carboxylic acid groups (broad SMARTS) is 1. The Bertz CT molecular complexity index is 485. The van der Waals surface area contributed by atoms with Gasteiger partial charge in [-0.3, -0.25) is 9.68 Å². The van der Waals surface area contributed by atoms with Gasteiger partial charge in [-0.1, -0.05) is 24.0 Å². The zero-order valence-electron chi connectivity index (χ0n) is 10.2. The summed E-state index contributed by atoms with van der Waals surface area (Å²) in [5.41, 5.74) is 1.57. The summed E-state index contributed by atoms with van der Waals surface area (Å²) in [7, 11) is 0. The smallest absolute Gasteiger partial charge is 0.345 e. The van der Waals surface area contributed by atoms with Gasteiger partial charge in [0.15, 0.2) is 0 Å². The van der Waals surface area contributed by atoms with Gasteiger partial charge in [-0.15, -0.1) is 0 Å². The van der Waals surface area contributed by atoms with Crippen molar-refractivity contribution in [1.29, 1.82) is 0 Å². The topological polar surface area (TPSA) is 102 Å². The zero-order valence-corrected chi connectivity index (χ0v) is 10.2. The van der Waals surface area contributed by atoms with Crippen molar-refractivity contribution in [1.82, 2.24) is 5.48 Å². The third-order valence-electron chi connectivity index (χ3n) is 2.13. The Kier molecular flexibility index (Phi) is 5.49. The van der Waals surface area contributed by atoms with Crippen LogP contribution in [0.3, 0.4) is 0 Å². The van der Waals surface area contributed by atoms with Crippen LogP contribution in [0.15, 0.2) is 24.3 Å². The van der Waals surface area contributed by atoms with E-state index in [1.54, 1.807) is 6.92 Å². The summed E-state index contributed by atoms with van der Waals surface area (Å²) in [4.78, 5) is 42.0. The highest BCUT2D eigenvalue weighted by atomic mass is 17.3. The molecular formula is C12H13NO6. The van der Waals surface area contributed by atoms with Crippen molar-refractivity contribution in [2.45, 2.75) is 19.8 Å². The van der Waals surface area contributed by atoms with Crippen molar-refractivity contribution >= 4 is 17.8 Å². The molecule has 0 fully saturated rings. The quantitative estimate of drug-likeness (QED) is 0.595. The predicted molar refractivity (Wildman–Crippen MR) is 63.0 cm³/mol. The van der Waals surface area contributed by atoms with Crippen molar-refractivity contribution in [2.24, 2.45) is 0 Å². The van der Waals surface area contributed by atoms with Gasteiger partial charge < -0.3 is 5.11 Å². The molecule has 1 aromatic rings. The highest BCUT2D eigenvalue weighted by Crippen LogP contribution is 2.08. The van der Waals surface area contributed by atoms with Crippen LogP contribution < -0.4 is 5.48 Å². The number of hydrogen-bond acceptors (Lipinski definition) is 5. The first kappa shape index (κ1) is 14.7. The van der Waals surface area contributed by atoms with Crippen molar-refractivity contribution in [2.75, 3.05) is 0 Å². The minimum atomic E-state index is -1.24. The first-order valence-electron chi connectivity index (χ1n) is 5.55. The van der Waals surface area contributed by atoms with Gasteiger partial charge in [0.05, 0.1) is 11.1 Å². The number of amides is 1. The summed E-state index contributed by atoms with van der Waals surface area (Å²) in [6.07, 6.45) is 0.736. The lowest BCUT2D eigenvalue weighted by molar-refractivity contribution is -0.297. The Balaban J connectivity index is 2.59. The largest absolute Gasteiger partial charge is 0.478 e. The molecule has 0 unspecified atom stereocenters. The molecule has 0 aliphatic heterocycles. The molecule has 0 aromatic heterocycles. The van der Waals surface area contributed by atoms with E-state index in [1.165, 1.54) is 24.3 Å². The number of benzene rings is 1. The average Bonchev–Trinajstić information content (AvgIpc) is 2.38. The summed E-state index contributed by atoms with van der Waals surface area (Å²) >= 11 is 0. The monoisotopic (exact) mass is 267 g/mol. The minimum Gasteiger partial charge on any atom is -0.478 e. The van der Waals surface area contributed by atoms with Gasteiger partial charge in [-0.05, 0) is 18.6 Å². The molecule has 1 rings (SSSR count). The summed E-state index contributed by atoms with van der Waals surface area (Å²) in [5, 5.41) is 8.89. The van der Waals surface area contributed by atoms with Crippen molar-refractivity contribution in [3.63, 3.8) is 0 Å². The third-order valence-corrected chi connectivity index (χ3v) is 2.13. The van der Waals surface area contributed by atoms with Crippen molar-refractivity contribution in [3.05, 3.63) is 35.4 Å². The Hall–Kier alpha value is -2.41. The fraction of sp³-hybridized carbons (Fsp3) is 0.250. The molecule has 1 amide bonds. The summed E-state index contributed by atoms with van der Waals surface area (Å²) in [5.74, 6) is -2.69. The van der Waals surface area contributed by atoms with E-state index in [2.05, 4.69) is 9.88 Å². The minimum absolute atomic E-state index is 0.0958. The highest BCUT2D eigenvalue weighted by Gasteiger charge is 2.16. The lowest BCUT2D eigenvalue weighted by Gasteiger charge is -2.06. The number of carboxylic acids is 1. The maximum Gasteiger partial charge on any atom is 0.345 e. The molecule has 7 heteroatoms. The summed E-state index contributed by atoms with van der Waals surface area (Å²) < 4.78 is 0. The fourth-order valence-corrected chi connectivity index (χ4v) is 1.27. The van der Waals surface area contributed by atoms with Crippen LogP contribution in [-0.2, 0) is 14.7 Å². The Morgan fingerprint density at radius 2 is 1.84 bits per heavy atom. The maximum atomic E-state index is 11.6. The van der Waals surface area contributed by atoms with Crippen molar-refractivity contribution in [3.8, 4) is 0 Å². The second kappa shape index (κ2) is 7.12. The summed E-state index contributed by atoms with van der Waals surface area (Å²) in [6, 6.07) is 5.59. The Labute approximate surface area is 109 Å². The molecule has 0 heterocycles.